The molecule has 1 aromatic rings. The Bertz CT molecular complexity index is 384. The summed E-state index contributed by atoms with van der Waals surface area (Å²) < 4.78 is 0. The second kappa shape index (κ2) is 4.05. The number of unbranched alkanes of at least 4 members (excludes halogenated alkanes) is 1. The van der Waals surface area contributed by atoms with Crippen molar-refractivity contribution in [1.82, 2.24) is 0 Å². The molecule has 2 rings (SSSR count). The van der Waals surface area contributed by atoms with E-state index in [4.69, 9.17) is 0 Å². The third-order valence-electron chi connectivity index (χ3n) is 3.00. The molecule has 80 valence electrons. The number of fused-ring (bicyclic) bond motifs is 1. The molecule has 2 nitrogen and oxygen atoms in total. The lowest BCUT2D eigenvalue weighted by atomic mass is 9.94. The van der Waals surface area contributed by atoms with Crippen LogP contribution >= 0.6 is 0 Å². The van der Waals surface area contributed by atoms with Gasteiger partial charge >= 0.3 is 0 Å². The zero-order chi connectivity index (χ0) is 10.8. The second-order valence-electron chi connectivity index (χ2n) is 4.27. The van der Waals surface area contributed by atoms with Gasteiger partial charge < -0.3 is 5.32 Å². The lowest BCUT2D eigenvalue weighted by Crippen LogP contribution is -2.11. The van der Waals surface area contributed by atoms with Gasteiger partial charge in [-0.3, -0.25) is 4.79 Å². The second-order valence-corrected chi connectivity index (χ2v) is 4.27. The molecular formula is C13H17NO. The Labute approximate surface area is 90.7 Å². The molecule has 1 aliphatic heterocycles. The zero-order valence-corrected chi connectivity index (χ0v) is 9.34. The van der Waals surface area contributed by atoms with Crippen LogP contribution in [0.4, 0.5) is 5.69 Å². The number of hydrogen-bond donors (Lipinski definition) is 1. The van der Waals surface area contributed by atoms with Crippen LogP contribution in [0.5, 0.6) is 0 Å². The Morgan fingerprint density at radius 1 is 1.40 bits per heavy atom. The van der Waals surface area contributed by atoms with Gasteiger partial charge in [0.05, 0.1) is 5.92 Å². The Morgan fingerprint density at radius 2 is 2.20 bits per heavy atom. The molecular weight excluding hydrogens is 186 g/mol. The number of hydrogen-bond acceptors (Lipinski definition) is 1. The van der Waals surface area contributed by atoms with Gasteiger partial charge in [-0.25, -0.2) is 0 Å². The normalized spacial score (nSPS) is 18.8. The van der Waals surface area contributed by atoms with E-state index in [0.717, 1.165) is 24.9 Å². The maximum Gasteiger partial charge on any atom is 0.232 e. The summed E-state index contributed by atoms with van der Waals surface area (Å²) in [6.45, 7) is 4.23. The van der Waals surface area contributed by atoms with E-state index in [9.17, 15) is 4.79 Å². The van der Waals surface area contributed by atoms with Crippen molar-refractivity contribution in [2.75, 3.05) is 5.32 Å². The Balaban J connectivity index is 2.27. The summed E-state index contributed by atoms with van der Waals surface area (Å²) in [5.74, 6) is 0.254. The fourth-order valence-electron chi connectivity index (χ4n) is 2.14. The van der Waals surface area contributed by atoms with E-state index in [0.29, 0.717) is 0 Å². The Kier molecular flexibility index (Phi) is 2.76. The third kappa shape index (κ3) is 1.89. The maximum atomic E-state index is 11.7. The molecule has 0 saturated heterocycles. The highest BCUT2D eigenvalue weighted by Gasteiger charge is 2.29. The largest absolute Gasteiger partial charge is 0.325 e. The summed E-state index contributed by atoms with van der Waals surface area (Å²) in [6.07, 6.45) is 3.23. The minimum Gasteiger partial charge on any atom is -0.325 e. The van der Waals surface area contributed by atoms with Crippen molar-refractivity contribution in [3.05, 3.63) is 29.3 Å². The molecule has 1 aliphatic rings. The van der Waals surface area contributed by atoms with Crippen LogP contribution in [0.1, 0.15) is 43.2 Å². The van der Waals surface area contributed by atoms with E-state index in [1.165, 1.54) is 11.1 Å². The van der Waals surface area contributed by atoms with E-state index >= 15 is 0 Å². The van der Waals surface area contributed by atoms with Crippen molar-refractivity contribution in [2.45, 2.75) is 39.0 Å². The number of carbonyl (C=O) groups excluding carboxylic acids is 1. The van der Waals surface area contributed by atoms with Gasteiger partial charge in [0, 0.05) is 5.69 Å². The van der Waals surface area contributed by atoms with Crippen LogP contribution in [-0.4, -0.2) is 5.91 Å². The first-order valence-electron chi connectivity index (χ1n) is 5.63. The van der Waals surface area contributed by atoms with Gasteiger partial charge in [-0.1, -0.05) is 37.5 Å². The lowest BCUT2D eigenvalue weighted by molar-refractivity contribution is -0.117. The monoisotopic (exact) mass is 203 g/mol. The summed E-state index contributed by atoms with van der Waals surface area (Å²) in [5.41, 5.74) is 3.42. The SMILES string of the molecule is CCCCC1C(=O)Nc2ccc(C)cc21. The minimum absolute atomic E-state index is 0.0832. The van der Waals surface area contributed by atoms with Gasteiger partial charge in [0.25, 0.3) is 0 Å². The Morgan fingerprint density at radius 3 is 2.93 bits per heavy atom. The molecule has 1 unspecified atom stereocenters. The van der Waals surface area contributed by atoms with Crippen LogP contribution in [0.3, 0.4) is 0 Å². The molecule has 1 heterocycles. The summed E-state index contributed by atoms with van der Waals surface area (Å²) >= 11 is 0. The number of rotatable bonds is 3. The maximum absolute atomic E-state index is 11.7. The first-order chi connectivity index (χ1) is 7.22. The van der Waals surface area contributed by atoms with Crippen LogP contribution < -0.4 is 5.32 Å². The van der Waals surface area contributed by atoms with Gasteiger partial charge in [0.1, 0.15) is 0 Å². The summed E-state index contributed by atoms with van der Waals surface area (Å²) in [5, 5.41) is 2.94. The van der Waals surface area contributed by atoms with Crippen molar-refractivity contribution in [3.8, 4) is 0 Å². The minimum atomic E-state index is 0.0832. The zero-order valence-electron chi connectivity index (χ0n) is 9.34. The quantitative estimate of drug-likeness (QED) is 0.803. The number of anilines is 1. The molecule has 0 aliphatic carbocycles. The molecule has 15 heavy (non-hydrogen) atoms. The molecule has 0 spiro atoms. The smallest absolute Gasteiger partial charge is 0.232 e. The fraction of sp³-hybridized carbons (Fsp3) is 0.462. The van der Waals surface area contributed by atoms with Crippen molar-refractivity contribution >= 4 is 11.6 Å². The van der Waals surface area contributed by atoms with Gasteiger partial charge in [-0.15, -0.1) is 0 Å². The van der Waals surface area contributed by atoms with Gasteiger partial charge in [-0.2, -0.15) is 0 Å². The Hall–Kier alpha value is -1.31. The van der Waals surface area contributed by atoms with E-state index < -0.39 is 0 Å². The third-order valence-corrected chi connectivity index (χ3v) is 3.00. The van der Waals surface area contributed by atoms with Gasteiger partial charge in [-0.05, 0) is 25.0 Å². The summed E-state index contributed by atoms with van der Waals surface area (Å²) in [4.78, 5) is 11.7. The van der Waals surface area contributed by atoms with E-state index in [1.807, 2.05) is 12.1 Å². The number of aryl methyl sites for hydroxylation is 1. The first kappa shape index (κ1) is 10.2. The lowest BCUT2D eigenvalue weighted by Gasteiger charge is -2.07. The average Bonchev–Trinajstić information content (AvgIpc) is 2.51. The molecule has 1 atom stereocenters. The number of benzene rings is 1. The van der Waals surface area contributed by atoms with Crippen LogP contribution in [0.15, 0.2) is 18.2 Å². The summed E-state index contributed by atoms with van der Waals surface area (Å²) in [7, 11) is 0. The van der Waals surface area contributed by atoms with Gasteiger partial charge in [0.15, 0.2) is 0 Å². The topological polar surface area (TPSA) is 29.1 Å². The highest BCUT2D eigenvalue weighted by molar-refractivity contribution is 6.02. The highest BCUT2D eigenvalue weighted by atomic mass is 16.2. The molecule has 0 radical (unpaired) electrons. The van der Waals surface area contributed by atoms with Crippen LogP contribution in [0.25, 0.3) is 0 Å². The van der Waals surface area contributed by atoms with Crippen LogP contribution in [0.2, 0.25) is 0 Å². The predicted octanol–water partition coefficient (Wildman–Crippen LogP) is 3.22. The molecule has 1 N–H and O–H groups in total. The van der Waals surface area contributed by atoms with Crippen molar-refractivity contribution in [2.24, 2.45) is 0 Å². The van der Waals surface area contributed by atoms with E-state index in [-0.39, 0.29) is 11.8 Å². The molecule has 0 bridgehead atoms. The van der Waals surface area contributed by atoms with Crippen molar-refractivity contribution in [3.63, 3.8) is 0 Å². The average molecular weight is 203 g/mol. The van der Waals surface area contributed by atoms with Crippen molar-refractivity contribution < 1.29 is 4.79 Å². The molecule has 1 amide bonds. The van der Waals surface area contributed by atoms with Gasteiger partial charge in [0.2, 0.25) is 5.91 Å². The fourth-order valence-corrected chi connectivity index (χ4v) is 2.14. The highest BCUT2D eigenvalue weighted by Crippen LogP contribution is 2.36. The number of nitrogens with one attached hydrogen (secondary N) is 1. The molecule has 0 fully saturated rings. The van der Waals surface area contributed by atoms with E-state index in [1.54, 1.807) is 0 Å². The predicted molar refractivity (Wildman–Crippen MR) is 62.1 cm³/mol. The standard InChI is InChI=1S/C13H17NO/c1-3-4-5-10-11-8-9(2)6-7-12(11)14-13(10)15/h6-8,10H,3-5H2,1-2H3,(H,14,15). The first-order valence-corrected chi connectivity index (χ1v) is 5.63. The number of carbonyl (C=O) groups is 1. The molecule has 0 saturated carbocycles. The summed E-state index contributed by atoms with van der Waals surface area (Å²) in [6, 6.07) is 6.18. The van der Waals surface area contributed by atoms with E-state index in [2.05, 4.69) is 25.2 Å². The molecule has 2 heteroatoms. The van der Waals surface area contributed by atoms with Crippen LogP contribution in [0, 0.1) is 6.92 Å². The number of amides is 1. The van der Waals surface area contributed by atoms with Crippen molar-refractivity contribution in [1.29, 1.82) is 0 Å². The molecule has 0 aromatic heterocycles. The molecule has 1 aromatic carbocycles. The van der Waals surface area contributed by atoms with Crippen LogP contribution in [-0.2, 0) is 4.79 Å².